The minimum Gasteiger partial charge on any atom is -0.508 e. The Morgan fingerprint density at radius 2 is 1.36 bits per heavy atom. The van der Waals surface area contributed by atoms with Crippen molar-refractivity contribution in [3.63, 3.8) is 0 Å². The number of ether oxygens (including phenoxy) is 7. The lowest BCUT2D eigenvalue weighted by Crippen LogP contribution is -2.65. The van der Waals surface area contributed by atoms with Crippen molar-refractivity contribution in [2.45, 2.75) is 106 Å². The molecule has 308 valence electrons. The van der Waals surface area contributed by atoms with Gasteiger partial charge in [-0.05, 0) is 31.2 Å². The van der Waals surface area contributed by atoms with Gasteiger partial charge in [0.05, 0.1) is 19.3 Å². The minimum absolute atomic E-state index is 0.143. The molecule has 4 heterocycles. The summed E-state index contributed by atoms with van der Waals surface area (Å²) in [5.41, 5.74) is -1.12. The van der Waals surface area contributed by atoms with Gasteiger partial charge in [0, 0.05) is 24.6 Å². The van der Waals surface area contributed by atoms with Crippen LogP contribution in [0.4, 0.5) is 0 Å². The topological polar surface area (TPSA) is 334 Å². The highest BCUT2D eigenvalue weighted by atomic mass is 16.8. The second kappa shape index (κ2) is 16.7. The first-order chi connectivity index (χ1) is 26.5. The highest BCUT2D eigenvalue weighted by Crippen LogP contribution is 2.38. The Bertz CT molecular complexity index is 1900. The molecule has 2 aromatic carbocycles. The standard InChI is InChI=1S/C35H42O21/c1-11-29(51-12(2)37)32(56-34-26(46)24(44)21(41)18(9-36)53-34)28(48)33(50-11)49-10-19-22(42)25(45)27(47)35(54-19)55-31-23(43)20-16(40)7-15(39)8-17(20)52-30(31)13-3-5-14(38)6-4-13/h3-8,11,18-19,21-22,24-29,32-36,38-42,44-48H,9-10H2,1-2H3. The van der Waals surface area contributed by atoms with Gasteiger partial charge in [-0.25, -0.2) is 0 Å². The molecule has 15 atom stereocenters. The van der Waals surface area contributed by atoms with Crippen molar-refractivity contribution < 1.29 is 98.5 Å². The third-order valence-electron chi connectivity index (χ3n) is 9.57. The van der Waals surface area contributed by atoms with Gasteiger partial charge in [-0.15, -0.1) is 0 Å². The third kappa shape index (κ3) is 8.13. The summed E-state index contributed by atoms with van der Waals surface area (Å²) in [7, 11) is 0. The Balaban J connectivity index is 1.24. The van der Waals surface area contributed by atoms with Crippen LogP contribution in [0, 0.1) is 0 Å². The van der Waals surface area contributed by atoms with Crippen LogP contribution in [0.25, 0.3) is 22.3 Å². The van der Waals surface area contributed by atoms with E-state index in [2.05, 4.69) is 0 Å². The second-order valence-electron chi connectivity index (χ2n) is 13.5. The molecular weight excluding hydrogens is 756 g/mol. The van der Waals surface area contributed by atoms with Gasteiger partial charge in [-0.3, -0.25) is 9.59 Å². The van der Waals surface area contributed by atoms with Gasteiger partial charge >= 0.3 is 5.97 Å². The maximum absolute atomic E-state index is 13.8. The number of hydrogen-bond acceptors (Lipinski definition) is 21. The van der Waals surface area contributed by atoms with Crippen LogP contribution in [0.15, 0.2) is 45.6 Å². The summed E-state index contributed by atoms with van der Waals surface area (Å²) in [5.74, 6) is -3.05. The van der Waals surface area contributed by atoms with Crippen LogP contribution in [0.3, 0.4) is 0 Å². The van der Waals surface area contributed by atoms with E-state index in [0.717, 1.165) is 19.1 Å². The zero-order valence-corrected chi connectivity index (χ0v) is 29.5. The maximum atomic E-state index is 13.8. The van der Waals surface area contributed by atoms with Crippen LogP contribution in [-0.4, -0.2) is 167 Å². The van der Waals surface area contributed by atoms with Crippen LogP contribution in [-0.2, 0) is 33.2 Å². The summed E-state index contributed by atoms with van der Waals surface area (Å²) in [6, 6.07) is 7.15. The summed E-state index contributed by atoms with van der Waals surface area (Å²) in [5, 5.41) is 114. The molecule has 0 bridgehead atoms. The monoisotopic (exact) mass is 798 g/mol. The van der Waals surface area contributed by atoms with Gasteiger partial charge in [0.15, 0.2) is 24.4 Å². The predicted octanol–water partition coefficient (Wildman–Crippen LogP) is -3.00. The Hall–Kier alpha value is -4.20. The number of aliphatic hydroxyl groups excluding tert-OH is 8. The number of carbonyl (C=O) groups excluding carboxylic acids is 1. The van der Waals surface area contributed by atoms with Gasteiger partial charge in [-0.1, -0.05) is 0 Å². The van der Waals surface area contributed by atoms with Crippen molar-refractivity contribution in [1.29, 1.82) is 0 Å². The molecule has 3 fully saturated rings. The fourth-order valence-electron chi connectivity index (χ4n) is 6.61. The summed E-state index contributed by atoms with van der Waals surface area (Å²) >= 11 is 0. The first kappa shape index (κ1) is 41.4. The number of esters is 1. The Kier molecular flexibility index (Phi) is 12.4. The summed E-state index contributed by atoms with van der Waals surface area (Å²) in [4.78, 5) is 25.8. The molecule has 21 nitrogen and oxygen atoms in total. The van der Waals surface area contributed by atoms with Gasteiger partial charge in [-0.2, -0.15) is 0 Å². The number of phenolic OH excluding ortho intramolecular Hbond substituents is 3. The third-order valence-corrected chi connectivity index (χ3v) is 9.57. The number of aliphatic hydroxyl groups is 8. The molecule has 0 saturated carbocycles. The van der Waals surface area contributed by atoms with E-state index < -0.39 is 139 Å². The summed E-state index contributed by atoms with van der Waals surface area (Å²) in [6.07, 6.45) is -25.7. The molecule has 0 amide bonds. The lowest BCUT2D eigenvalue weighted by molar-refractivity contribution is -0.361. The van der Waals surface area contributed by atoms with Crippen molar-refractivity contribution in [3.05, 3.63) is 46.6 Å². The van der Waals surface area contributed by atoms with Crippen molar-refractivity contribution in [2.24, 2.45) is 0 Å². The zero-order valence-electron chi connectivity index (χ0n) is 29.5. The normalized spacial score (nSPS) is 36.3. The molecule has 21 heteroatoms. The lowest BCUT2D eigenvalue weighted by atomic mass is 9.97. The molecule has 0 radical (unpaired) electrons. The molecule has 3 aliphatic rings. The summed E-state index contributed by atoms with van der Waals surface area (Å²) in [6.45, 7) is 0.967. The molecule has 15 unspecified atom stereocenters. The van der Waals surface area contributed by atoms with E-state index >= 15 is 0 Å². The predicted molar refractivity (Wildman–Crippen MR) is 181 cm³/mol. The van der Waals surface area contributed by atoms with Crippen LogP contribution in [0.1, 0.15) is 13.8 Å². The van der Waals surface area contributed by atoms with Gasteiger partial charge in [0.1, 0.15) is 89.3 Å². The SMILES string of the molecule is CC(=O)OC1C(C)OC(OCC2OC(Oc3c(-c4ccc(O)cc4)oc4cc(O)cc(O)c4c3=O)C(O)C(O)C2O)C(O)C1OC1OC(CO)C(O)C(O)C1O. The Labute approximate surface area is 315 Å². The van der Waals surface area contributed by atoms with Gasteiger partial charge in [0.25, 0.3) is 0 Å². The fraction of sp³-hybridized carbons (Fsp3) is 0.543. The fourth-order valence-corrected chi connectivity index (χ4v) is 6.61. The Morgan fingerprint density at radius 1 is 0.732 bits per heavy atom. The number of benzene rings is 2. The molecule has 11 N–H and O–H groups in total. The molecule has 3 aromatic rings. The molecule has 0 spiro atoms. The number of rotatable bonds is 10. The highest BCUT2D eigenvalue weighted by molar-refractivity contribution is 5.88. The van der Waals surface area contributed by atoms with Crippen LogP contribution >= 0.6 is 0 Å². The molecule has 56 heavy (non-hydrogen) atoms. The first-order valence-corrected chi connectivity index (χ1v) is 17.3. The number of hydrogen-bond donors (Lipinski definition) is 11. The highest BCUT2D eigenvalue weighted by Gasteiger charge is 2.53. The first-order valence-electron chi connectivity index (χ1n) is 17.3. The van der Waals surface area contributed by atoms with Gasteiger partial charge in [0.2, 0.25) is 17.5 Å². The average Bonchev–Trinajstić information content (AvgIpc) is 3.15. The molecule has 0 aliphatic carbocycles. The van der Waals surface area contributed by atoms with Crippen molar-refractivity contribution in [1.82, 2.24) is 0 Å². The van der Waals surface area contributed by atoms with E-state index in [9.17, 15) is 65.8 Å². The van der Waals surface area contributed by atoms with Crippen molar-refractivity contribution in [3.8, 4) is 34.3 Å². The van der Waals surface area contributed by atoms with E-state index in [-0.39, 0.29) is 22.7 Å². The summed E-state index contributed by atoms with van der Waals surface area (Å²) < 4.78 is 45.3. The van der Waals surface area contributed by atoms with Crippen LogP contribution in [0.2, 0.25) is 0 Å². The number of fused-ring (bicyclic) bond motifs is 1. The second-order valence-corrected chi connectivity index (χ2v) is 13.5. The van der Waals surface area contributed by atoms with Crippen LogP contribution < -0.4 is 10.2 Å². The molecule has 6 rings (SSSR count). The smallest absolute Gasteiger partial charge is 0.303 e. The van der Waals surface area contributed by atoms with Crippen LogP contribution in [0.5, 0.6) is 23.0 Å². The number of carbonyl (C=O) groups is 1. The van der Waals surface area contributed by atoms with E-state index in [1.165, 1.54) is 31.2 Å². The molecule has 3 saturated heterocycles. The Morgan fingerprint density at radius 3 is 2.00 bits per heavy atom. The van der Waals surface area contributed by atoms with E-state index in [1.54, 1.807) is 0 Å². The molecular formula is C35H42O21. The largest absolute Gasteiger partial charge is 0.508 e. The van der Waals surface area contributed by atoms with E-state index in [1.807, 2.05) is 0 Å². The number of phenols is 3. The van der Waals surface area contributed by atoms with Crippen molar-refractivity contribution >= 4 is 16.9 Å². The molecule has 1 aromatic heterocycles. The molecule has 3 aliphatic heterocycles. The van der Waals surface area contributed by atoms with E-state index in [4.69, 9.17) is 37.6 Å². The maximum Gasteiger partial charge on any atom is 0.303 e. The van der Waals surface area contributed by atoms with E-state index in [0.29, 0.717) is 0 Å². The van der Waals surface area contributed by atoms with Crippen molar-refractivity contribution in [2.75, 3.05) is 13.2 Å². The van der Waals surface area contributed by atoms with Gasteiger partial charge < -0.3 is 93.7 Å². The zero-order chi connectivity index (χ0) is 40.7. The minimum atomic E-state index is -2.02. The quantitative estimate of drug-likeness (QED) is 0.0911. The average molecular weight is 799 g/mol. The number of aromatic hydroxyl groups is 3. The lowest BCUT2D eigenvalue weighted by Gasteiger charge is -2.46.